The first kappa shape index (κ1) is 26.0. The highest BCUT2D eigenvalue weighted by molar-refractivity contribution is 5.33. The predicted molar refractivity (Wildman–Crippen MR) is 143 cm³/mol. The molecule has 182 valence electrons. The molecule has 3 heteroatoms. The van der Waals surface area contributed by atoms with Crippen LogP contribution in [-0.2, 0) is 18.4 Å². The highest BCUT2D eigenvalue weighted by Gasteiger charge is 2.29. The molecule has 0 fully saturated rings. The van der Waals surface area contributed by atoms with Gasteiger partial charge in [-0.1, -0.05) is 85.6 Å². The topological polar surface area (TPSA) is 32.7 Å². The Balaban J connectivity index is 1.70. The smallest absolute Gasteiger partial charge is 0.119 e. The molecule has 0 bridgehead atoms. The van der Waals surface area contributed by atoms with E-state index in [-0.39, 0.29) is 0 Å². The van der Waals surface area contributed by atoms with Crippen LogP contribution in [0.1, 0.15) is 54.5 Å². The summed E-state index contributed by atoms with van der Waals surface area (Å²) in [5.74, 6) is 0.855. The van der Waals surface area contributed by atoms with Gasteiger partial charge in [0.1, 0.15) is 12.4 Å². The molecule has 0 saturated heterocycles. The third kappa shape index (κ3) is 7.72. The summed E-state index contributed by atoms with van der Waals surface area (Å²) in [6.07, 6.45) is 3.19. The van der Waals surface area contributed by atoms with Crippen LogP contribution in [0.15, 0.2) is 72.8 Å². The summed E-state index contributed by atoms with van der Waals surface area (Å²) in [4.78, 5) is 2.35. The number of hydrogen-bond donors (Lipinski definition) is 1. The van der Waals surface area contributed by atoms with E-state index in [0.717, 1.165) is 49.4 Å². The third-order valence-corrected chi connectivity index (χ3v) is 6.76. The standard InChI is InChI=1S/C31H41NO2/c1-5-32(6-2)22-23-34-30-19-17-29(18-20-30)31(33,24-28-15-11-26(4)12-16-28)21-7-8-27-13-9-25(3)10-14-27/h9-20,33H,5-8,21-24H2,1-4H3. The van der Waals surface area contributed by atoms with Crippen molar-refractivity contribution in [2.45, 2.75) is 59.0 Å². The second-order valence-corrected chi connectivity index (χ2v) is 9.43. The van der Waals surface area contributed by atoms with Crippen LogP contribution in [0.3, 0.4) is 0 Å². The lowest BCUT2D eigenvalue weighted by molar-refractivity contribution is 0.0256. The first-order valence-electron chi connectivity index (χ1n) is 12.7. The van der Waals surface area contributed by atoms with E-state index < -0.39 is 5.60 Å². The molecule has 1 N–H and O–H groups in total. The summed E-state index contributed by atoms with van der Waals surface area (Å²) in [7, 11) is 0. The molecule has 0 heterocycles. The Morgan fingerprint density at radius 2 is 1.32 bits per heavy atom. The fourth-order valence-electron chi connectivity index (χ4n) is 4.41. The van der Waals surface area contributed by atoms with Gasteiger partial charge in [-0.3, -0.25) is 0 Å². The summed E-state index contributed by atoms with van der Waals surface area (Å²) in [5.41, 5.74) is 5.02. The van der Waals surface area contributed by atoms with Crippen LogP contribution in [0.4, 0.5) is 0 Å². The molecule has 3 nitrogen and oxygen atoms in total. The van der Waals surface area contributed by atoms with E-state index in [4.69, 9.17) is 4.74 Å². The maximum Gasteiger partial charge on any atom is 0.119 e. The molecule has 0 aliphatic rings. The Morgan fingerprint density at radius 1 is 0.765 bits per heavy atom. The van der Waals surface area contributed by atoms with E-state index in [1.165, 1.54) is 16.7 Å². The molecule has 0 aliphatic heterocycles. The lowest BCUT2D eigenvalue weighted by Gasteiger charge is -2.29. The monoisotopic (exact) mass is 459 g/mol. The largest absolute Gasteiger partial charge is 0.492 e. The van der Waals surface area contributed by atoms with Crippen LogP contribution in [0.25, 0.3) is 0 Å². The highest BCUT2D eigenvalue weighted by Crippen LogP contribution is 2.32. The number of ether oxygens (including phenoxy) is 1. The molecule has 0 radical (unpaired) electrons. The number of aryl methyl sites for hydroxylation is 3. The van der Waals surface area contributed by atoms with E-state index in [2.05, 4.69) is 81.1 Å². The van der Waals surface area contributed by atoms with Gasteiger partial charge in [0, 0.05) is 13.0 Å². The van der Waals surface area contributed by atoms with Crippen molar-refractivity contribution in [2.24, 2.45) is 0 Å². The van der Waals surface area contributed by atoms with Gasteiger partial charge in [0.2, 0.25) is 0 Å². The third-order valence-electron chi connectivity index (χ3n) is 6.76. The molecule has 34 heavy (non-hydrogen) atoms. The molecule has 0 saturated carbocycles. The zero-order chi connectivity index (χ0) is 24.4. The van der Waals surface area contributed by atoms with Crippen LogP contribution in [0.5, 0.6) is 5.75 Å². The van der Waals surface area contributed by atoms with Crippen molar-refractivity contribution in [3.05, 3.63) is 101 Å². The molecule has 0 aliphatic carbocycles. The van der Waals surface area contributed by atoms with Crippen molar-refractivity contribution < 1.29 is 9.84 Å². The Kier molecular flexibility index (Phi) is 9.74. The van der Waals surface area contributed by atoms with Crippen LogP contribution in [0, 0.1) is 13.8 Å². The normalized spacial score (nSPS) is 13.1. The Morgan fingerprint density at radius 3 is 1.88 bits per heavy atom. The van der Waals surface area contributed by atoms with Gasteiger partial charge in [0.25, 0.3) is 0 Å². The van der Waals surface area contributed by atoms with Gasteiger partial charge in [-0.15, -0.1) is 0 Å². The number of hydrogen-bond acceptors (Lipinski definition) is 3. The van der Waals surface area contributed by atoms with Crippen LogP contribution in [0.2, 0.25) is 0 Å². The van der Waals surface area contributed by atoms with Crippen LogP contribution < -0.4 is 4.74 Å². The number of aliphatic hydroxyl groups is 1. The van der Waals surface area contributed by atoms with Crippen molar-refractivity contribution in [3.8, 4) is 5.75 Å². The lowest BCUT2D eigenvalue weighted by atomic mass is 9.82. The van der Waals surface area contributed by atoms with Gasteiger partial charge >= 0.3 is 0 Å². The van der Waals surface area contributed by atoms with Gasteiger partial charge in [-0.05, 0) is 75.0 Å². The van der Waals surface area contributed by atoms with Gasteiger partial charge in [0.05, 0.1) is 5.60 Å². The molecule has 3 aromatic carbocycles. The molecule has 3 rings (SSSR count). The van der Waals surface area contributed by atoms with E-state index >= 15 is 0 Å². The average molecular weight is 460 g/mol. The SMILES string of the molecule is CCN(CC)CCOc1ccc(C(O)(CCCc2ccc(C)cc2)Cc2ccc(C)cc2)cc1. The lowest BCUT2D eigenvalue weighted by Crippen LogP contribution is -2.29. The van der Waals surface area contributed by atoms with Crippen LogP contribution in [-0.4, -0.2) is 36.2 Å². The van der Waals surface area contributed by atoms with E-state index in [9.17, 15) is 5.11 Å². The molecule has 1 unspecified atom stereocenters. The molecular formula is C31H41NO2. The summed E-state index contributed by atoms with van der Waals surface area (Å²) >= 11 is 0. The maximum absolute atomic E-state index is 11.9. The fourth-order valence-corrected chi connectivity index (χ4v) is 4.41. The van der Waals surface area contributed by atoms with Gasteiger partial charge in [0.15, 0.2) is 0 Å². The molecule has 3 aromatic rings. The second kappa shape index (κ2) is 12.7. The first-order chi connectivity index (χ1) is 16.4. The molecule has 1 atom stereocenters. The maximum atomic E-state index is 11.9. The number of rotatable bonds is 13. The summed E-state index contributed by atoms with van der Waals surface area (Å²) in [6.45, 7) is 12.2. The van der Waals surface area contributed by atoms with Crippen molar-refractivity contribution >= 4 is 0 Å². The first-order valence-corrected chi connectivity index (χ1v) is 12.7. The molecular weight excluding hydrogens is 418 g/mol. The van der Waals surface area contributed by atoms with Gasteiger partial charge in [-0.25, -0.2) is 0 Å². The van der Waals surface area contributed by atoms with E-state index in [1.54, 1.807) is 0 Å². The van der Waals surface area contributed by atoms with Crippen molar-refractivity contribution in [3.63, 3.8) is 0 Å². The predicted octanol–water partition coefficient (Wildman–Crippen LogP) is 6.48. The quantitative estimate of drug-likeness (QED) is 0.318. The minimum atomic E-state index is -0.917. The number of nitrogens with zero attached hydrogens (tertiary/aromatic N) is 1. The highest BCUT2D eigenvalue weighted by atomic mass is 16.5. The minimum absolute atomic E-state index is 0.601. The van der Waals surface area contributed by atoms with Crippen LogP contribution >= 0.6 is 0 Å². The summed E-state index contributed by atoms with van der Waals surface area (Å²) < 4.78 is 5.96. The minimum Gasteiger partial charge on any atom is -0.492 e. The molecule has 0 aromatic heterocycles. The Labute approximate surface area is 206 Å². The zero-order valence-electron chi connectivity index (χ0n) is 21.4. The summed E-state index contributed by atoms with van der Waals surface area (Å²) in [6, 6.07) is 25.3. The van der Waals surface area contributed by atoms with Crippen molar-refractivity contribution in [2.75, 3.05) is 26.2 Å². The van der Waals surface area contributed by atoms with E-state index in [1.807, 2.05) is 24.3 Å². The van der Waals surface area contributed by atoms with Crippen molar-refractivity contribution in [1.29, 1.82) is 0 Å². The fraction of sp³-hybridized carbons (Fsp3) is 0.419. The Bertz CT molecular complexity index is 975. The van der Waals surface area contributed by atoms with Gasteiger partial charge < -0.3 is 14.7 Å². The average Bonchev–Trinajstić information content (AvgIpc) is 2.85. The van der Waals surface area contributed by atoms with Gasteiger partial charge in [-0.2, -0.15) is 0 Å². The number of likely N-dealkylation sites (N-methyl/N-ethyl adjacent to an activating group) is 1. The Hall–Kier alpha value is -2.62. The second-order valence-electron chi connectivity index (χ2n) is 9.43. The number of benzene rings is 3. The van der Waals surface area contributed by atoms with Crippen molar-refractivity contribution in [1.82, 2.24) is 4.90 Å². The summed E-state index contributed by atoms with van der Waals surface area (Å²) in [5, 5.41) is 11.9. The molecule has 0 amide bonds. The molecule has 0 spiro atoms. The van der Waals surface area contributed by atoms with E-state index in [0.29, 0.717) is 19.4 Å². The zero-order valence-corrected chi connectivity index (χ0v) is 21.4.